The van der Waals surface area contributed by atoms with Crippen LogP contribution in [0.4, 0.5) is 10.5 Å². The first kappa shape index (κ1) is 23.8. The number of carbonyl (C=O) groups is 2. The van der Waals surface area contributed by atoms with Crippen LogP contribution < -0.4 is 4.90 Å². The van der Waals surface area contributed by atoms with Crippen LogP contribution in [-0.4, -0.2) is 49.6 Å². The van der Waals surface area contributed by atoms with Crippen molar-refractivity contribution in [3.8, 4) is 11.1 Å². The van der Waals surface area contributed by atoms with Crippen molar-refractivity contribution in [2.75, 3.05) is 25.6 Å². The Balaban J connectivity index is 1.16. The highest BCUT2D eigenvalue weighted by Crippen LogP contribution is 2.45. The summed E-state index contributed by atoms with van der Waals surface area (Å²) in [6.45, 7) is 0.336. The molecule has 2 aliphatic heterocycles. The zero-order valence-electron chi connectivity index (χ0n) is 21.6. The molecule has 2 fully saturated rings. The van der Waals surface area contributed by atoms with Crippen molar-refractivity contribution in [3.05, 3.63) is 89.5 Å². The highest BCUT2D eigenvalue weighted by atomic mass is 16.6. The normalized spacial score (nSPS) is 22.2. The van der Waals surface area contributed by atoms with Crippen molar-refractivity contribution in [2.24, 2.45) is 5.92 Å². The number of piperidine rings is 2. The summed E-state index contributed by atoms with van der Waals surface area (Å²) >= 11 is 0. The topological polar surface area (TPSA) is 49.9 Å². The molecule has 6 rings (SSSR count). The molecule has 2 bridgehead atoms. The van der Waals surface area contributed by atoms with Crippen LogP contribution in [-0.2, 0) is 4.74 Å². The molecular weight excluding hydrogens is 460 g/mol. The van der Waals surface area contributed by atoms with Gasteiger partial charge in [0.15, 0.2) is 5.78 Å². The average molecular weight is 495 g/mol. The summed E-state index contributed by atoms with van der Waals surface area (Å²) in [5.74, 6) is 0.206. The Morgan fingerprint density at radius 3 is 2.11 bits per heavy atom. The highest BCUT2D eigenvalue weighted by molar-refractivity contribution is 5.99. The van der Waals surface area contributed by atoms with Gasteiger partial charge in [-0.15, -0.1) is 0 Å². The molecule has 0 aromatic heterocycles. The van der Waals surface area contributed by atoms with E-state index >= 15 is 0 Å². The fraction of sp³-hybridized carbons (Fsp3) is 0.375. The van der Waals surface area contributed by atoms with Crippen LogP contribution in [0.2, 0.25) is 0 Å². The summed E-state index contributed by atoms with van der Waals surface area (Å²) in [5, 5.41) is 0. The van der Waals surface area contributed by atoms with Gasteiger partial charge in [-0.05, 0) is 66.5 Å². The van der Waals surface area contributed by atoms with E-state index in [0.29, 0.717) is 19.4 Å². The number of amides is 1. The minimum Gasteiger partial charge on any atom is -0.448 e. The molecule has 5 heteroatoms. The van der Waals surface area contributed by atoms with E-state index in [-0.39, 0.29) is 35.8 Å². The maximum absolute atomic E-state index is 13.5. The maximum Gasteiger partial charge on any atom is 0.410 e. The Bertz CT molecular complexity index is 1270. The molecule has 1 amide bonds. The minimum atomic E-state index is -0.225. The second-order valence-corrected chi connectivity index (χ2v) is 10.9. The van der Waals surface area contributed by atoms with Crippen LogP contribution in [0.5, 0.6) is 0 Å². The third kappa shape index (κ3) is 4.30. The van der Waals surface area contributed by atoms with E-state index in [2.05, 4.69) is 48.5 Å². The molecule has 0 N–H and O–H groups in total. The second-order valence-electron chi connectivity index (χ2n) is 10.9. The Kier molecular flexibility index (Phi) is 6.23. The third-order valence-corrected chi connectivity index (χ3v) is 8.54. The fourth-order valence-electron chi connectivity index (χ4n) is 6.74. The predicted octanol–water partition coefficient (Wildman–Crippen LogP) is 6.52. The monoisotopic (exact) mass is 494 g/mol. The molecule has 2 unspecified atom stereocenters. The Labute approximate surface area is 219 Å². The Morgan fingerprint density at radius 2 is 1.49 bits per heavy atom. The van der Waals surface area contributed by atoms with Crippen LogP contribution in [0.15, 0.2) is 72.8 Å². The van der Waals surface area contributed by atoms with E-state index in [1.165, 1.54) is 22.3 Å². The van der Waals surface area contributed by atoms with Crippen molar-refractivity contribution in [2.45, 2.75) is 50.1 Å². The summed E-state index contributed by atoms with van der Waals surface area (Å²) < 4.78 is 6.03. The van der Waals surface area contributed by atoms with Gasteiger partial charge in [0.1, 0.15) is 6.61 Å². The van der Waals surface area contributed by atoms with Crippen LogP contribution in [0, 0.1) is 5.92 Å². The summed E-state index contributed by atoms with van der Waals surface area (Å²) in [7, 11) is 3.97. The Hall–Kier alpha value is -3.60. The molecule has 3 aromatic rings. The highest BCUT2D eigenvalue weighted by Gasteiger charge is 2.44. The van der Waals surface area contributed by atoms with E-state index in [1.54, 1.807) is 0 Å². The van der Waals surface area contributed by atoms with Crippen molar-refractivity contribution >= 4 is 17.6 Å². The SMILES string of the molecule is CN(C)c1cccc(C(=O)C2CC3CCCC(C2)N3C(=O)OCC2c3ccccc3-c3ccccc32)c1. The molecule has 3 aromatic carbocycles. The van der Waals surface area contributed by atoms with Crippen molar-refractivity contribution < 1.29 is 14.3 Å². The van der Waals surface area contributed by atoms with Crippen LogP contribution >= 0.6 is 0 Å². The zero-order valence-corrected chi connectivity index (χ0v) is 21.6. The smallest absolute Gasteiger partial charge is 0.410 e. The number of rotatable bonds is 5. The van der Waals surface area contributed by atoms with E-state index in [0.717, 1.165) is 30.5 Å². The molecule has 2 saturated heterocycles. The molecule has 37 heavy (non-hydrogen) atoms. The van der Waals surface area contributed by atoms with Crippen LogP contribution in [0.25, 0.3) is 11.1 Å². The third-order valence-electron chi connectivity index (χ3n) is 8.54. The van der Waals surface area contributed by atoms with Gasteiger partial charge in [-0.3, -0.25) is 4.79 Å². The zero-order chi connectivity index (χ0) is 25.5. The number of hydrogen-bond donors (Lipinski definition) is 0. The first-order valence-corrected chi connectivity index (χ1v) is 13.5. The van der Waals surface area contributed by atoms with E-state index < -0.39 is 0 Å². The molecule has 2 heterocycles. The van der Waals surface area contributed by atoms with Crippen LogP contribution in [0.1, 0.15) is 59.5 Å². The molecule has 0 saturated carbocycles. The van der Waals surface area contributed by atoms with Gasteiger partial charge in [0.05, 0.1) is 0 Å². The van der Waals surface area contributed by atoms with Crippen molar-refractivity contribution in [3.63, 3.8) is 0 Å². The quantitative estimate of drug-likeness (QED) is 0.379. The van der Waals surface area contributed by atoms with E-state index in [9.17, 15) is 9.59 Å². The molecule has 0 radical (unpaired) electrons. The summed E-state index contributed by atoms with van der Waals surface area (Å²) in [5.41, 5.74) is 6.70. The number of ether oxygens (including phenoxy) is 1. The van der Waals surface area contributed by atoms with Gasteiger partial charge in [0.25, 0.3) is 0 Å². The van der Waals surface area contributed by atoms with Gasteiger partial charge >= 0.3 is 6.09 Å². The number of fused-ring (bicyclic) bond motifs is 5. The second kappa shape index (κ2) is 9.70. The lowest BCUT2D eigenvalue weighted by atomic mass is 9.76. The van der Waals surface area contributed by atoms with Gasteiger partial charge in [-0.1, -0.05) is 60.7 Å². The molecular formula is C32H34N2O3. The van der Waals surface area contributed by atoms with Gasteiger partial charge in [0.2, 0.25) is 0 Å². The summed E-state index contributed by atoms with van der Waals surface area (Å²) in [6, 6.07) is 24.8. The number of hydrogen-bond acceptors (Lipinski definition) is 4. The minimum absolute atomic E-state index is 0.0506. The molecule has 2 atom stereocenters. The lowest BCUT2D eigenvalue weighted by Crippen LogP contribution is -2.55. The van der Waals surface area contributed by atoms with Gasteiger partial charge in [-0.25, -0.2) is 4.79 Å². The van der Waals surface area contributed by atoms with E-state index in [4.69, 9.17) is 4.74 Å². The van der Waals surface area contributed by atoms with Crippen LogP contribution in [0.3, 0.4) is 0 Å². The molecule has 5 nitrogen and oxygen atoms in total. The first-order chi connectivity index (χ1) is 18.0. The average Bonchev–Trinajstić information content (AvgIpc) is 3.24. The number of benzene rings is 3. The van der Waals surface area contributed by atoms with E-state index in [1.807, 2.05) is 48.2 Å². The summed E-state index contributed by atoms with van der Waals surface area (Å²) in [6.07, 6.45) is 4.17. The number of nitrogens with zero attached hydrogens (tertiary/aromatic N) is 2. The first-order valence-electron chi connectivity index (χ1n) is 13.5. The molecule has 0 spiro atoms. The number of carbonyl (C=O) groups excluding carboxylic acids is 2. The largest absolute Gasteiger partial charge is 0.448 e. The Morgan fingerprint density at radius 1 is 0.865 bits per heavy atom. The van der Waals surface area contributed by atoms with Gasteiger partial charge < -0.3 is 14.5 Å². The lowest BCUT2D eigenvalue weighted by molar-refractivity contribution is 0.00651. The number of anilines is 1. The number of Topliss-reactive ketones (excluding diaryl/α,β-unsaturated/α-hetero) is 1. The van der Waals surface area contributed by atoms with Gasteiger partial charge in [0, 0.05) is 49.3 Å². The lowest BCUT2D eigenvalue weighted by Gasteiger charge is -2.47. The van der Waals surface area contributed by atoms with Gasteiger partial charge in [-0.2, -0.15) is 0 Å². The fourth-order valence-corrected chi connectivity index (χ4v) is 6.74. The maximum atomic E-state index is 13.5. The molecule has 190 valence electrons. The predicted molar refractivity (Wildman–Crippen MR) is 146 cm³/mol. The van der Waals surface area contributed by atoms with Crippen molar-refractivity contribution in [1.82, 2.24) is 4.90 Å². The molecule has 1 aliphatic carbocycles. The number of ketones is 1. The molecule has 3 aliphatic rings. The summed E-state index contributed by atoms with van der Waals surface area (Å²) in [4.78, 5) is 30.9. The van der Waals surface area contributed by atoms with Crippen molar-refractivity contribution in [1.29, 1.82) is 0 Å². The standard InChI is InChI=1S/C32H34N2O3/c1-33(2)23-10-7-9-21(17-23)31(35)22-18-24-11-8-12-25(19-22)34(24)32(36)37-20-30-28-15-5-3-13-26(28)27-14-4-6-16-29(27)30/h3-7,9-10,13-17,22,24-25,30H,8,11-12,18-20H2,1-2H3.